The van der Waals surface area contributed by atoms with Gasteiger partial charge in [-0.25, -0.2) is 9.97 Å². The topological polar surface area (TPSA) is 68.7 Å². The average Bonchev–Trinajstić information content (AvgIpc) is 3.42. The van der Waals surface area contributed by atoms with Gasteiger partial charge in [-0.15, -0.1) is 11.3 Å². The van der Waals surface area contributed by atoms with Crippen LogP contribution in [0, 0.1) is 6.92 Å². The van der Waals surface area contributed by atoms with Crippen LogP contribution >= 0.6 is 11.3 Å². The van der Waals surface area contributed by atoms with E-state index in [0.29, 0.717) is 13.2 Å². The summed E-state index contributed by atoms with van der Waals surface area (Å²) in [6, 6.07) is 10.4. The summed E-state index contributed by atoms with van der Waals surface area (Å²) in [6.45, 7) is 4.94. The molecule has 2 aromatic heterocycles. The van der Waals surface area contributed by atoms with E-state index in [1.807, 2.05) is 24.4 Å². The van der Waals surface area contributed by atoms with E-state index in [1.54, 1.807) is 18.4 Å². The zero-order valence-corrected chi connectivity index (χ0v) is 18.6. The molecule has 1 fully saturated rings. The third kappa shape index (κ3) is 4.31. The van der Waals surface area contributed by atoms with Crippen LogP contribution in [0.3, 0.4) is 0 Å². The molecule has 5 rings (SSSR count). The van der Waals surface area contributed by atoms with Gasteiger partial charge in [0.2, 0.25) is 0 Å². The molecule has 0 radical (unpaired) electrons. The van der Waals surface area contributed by atoms with Crippen LogP contribution in [-0.2, 0) is 6.54 Å². The Morgan fingerprint density at radius 2 is 2.03 bits per heavy atom. The lowest BCUT2D eigenvalue weighted by Crippen LogP contribution is -2.24. The molecule has 1 unspecified atom stereocenters. The first-order chi connectivity index (χ1) is 15.2. The van der Waals surface area contributed by atoms with E-state index < -0.39 is 0 Å². The second-order valence-electron chi connectivity index (χ2n) is 7.80. The molecule has 1 saturated heterocycles. The first kappa shape index (κ1) is 20.1. The average molecular weight is 439 g/mol. The molecule has 3 aromatic rings. The molecule has 0 saturated carbocycles. The highest BCUT2D eigenvalue weighted by molar-refractivity contribution is 7.13. The van der Waals surface area contributed by atoms with Gasteiger partial charge in [-0.1, -0.05) is 6.07 Å². The molecule has 31 heavy (non-hydrogen) atoms. The molecule has 4 heterocycles. The summed E-state index contributed by atoms with van der Waals surface area (Å²) < 4.78 is 17.2. The first-order valence-corrected chi connectivity index (χ1v) is 11.4. The van der Waals surface area contributed by atoms with Crippen molar-refractivity contribution in [3.05, 3.63) is 52.7 Å². The fraction of sp³-hybridized carbons (Fsp3) is 0.391. The minimum Gasteiger partial charge on any atom is -0.496 e. The molecule has 0 spiro atoms. The number of hydrogen-bond acceptors (Lipinski definition) is 8. The van der Waals surface area contributed by atoms with Crippen molar-refractivity contribution in [3.8, 4) is 17.2 Å². The number of aromatic nitrogens is 2. The van der Waals surface area contributed by atoms with E-state index in [-0.39, 0.29) is 6.04 Å². The highest BCUT2D eigenvalue weighted by Gasteiger charge is 2.29. The van der Waals surface area contributed by atoms with E-state index in [2.05, 4.69) is 33.4 Å². The molecule has 162 valence electrons. The van der Waals surface area contributed by atoms with Crippen molar-refractivity contribution in [2.24, 2.45) is 0 Å². The van der Waals surface area contributed by atoms with Gasteiger partial charge >= 0.3 is 0 Å². The lowest BCUT2D eigenvalue weighted by Gasteiger charge is -2.26. The van der Waals surface area contributed by atoms with E-state index in [9.17, 15) is 0 Å². The van der Waals surface area contributed by atoms with Crippen molar-refractivity contribution in [1.29, 1.82) is 0 Å². The number of nitrogens with one attached hydrogen (secondary N) is 1. The summed E-state index contributed by atoms with van der Waals surface area (Å²) in [7, 11) is 1.70. The Morgan fingerprint density at radius 3 is 2.81 bits per heavy atom. The number of benzene rings is 1. The fourth-order valence-electron chi connectivity index (χ4n) is 4.22. The summed E-state index contributed by atoms with van der Waals surface area (Å²) in [4.78, 5) is 11.8. The lowest BCUT2D eigenvalue weighted by molar-refractivity contribution is 0.169. The van der Waals surface area contributed by atoms with Crippen LogP contribution < -0.4 is 19.5 Å². The Balaban J connectivity index is 1.36. The highest BCUT2D eigenvalue weighted by Crippen LogP contribution is 2.40. The van der Waals surface area contributed by atoms with Crippen LogP contribution in [0.15, 0.2) is 35.7 Å². The standard InChI is InChI=1S/C23H26N4O3S/c1-15-14-31-23(24-15)26-22-7-3-5-17(25-22)18-6-4-8-27(18)13-16-11-20-21(12-19(16)28-2)30-10-9-29-20/h3,5,7,11-12,14,18H,4,6,8-10,13H2,1-2H3,(H,24,25,26). The van der Waals surface area contributed by atoms with Crippen LogP contribution in [0.25, 0.3) is 0 Å². The van der Waals surface area contributed by atoms with Crippen LogP contribution in [-0.4, -0.2) is 41.7 Å². The maximum atomic E-state index is 5.79. The van der Waals surface area contributed by atoms with Crippen LogP contribution in [0.2, 0.25) is 0 Å². The summed E-state index contributed by atoms with van der Waals surface area (Å²) in [5.74, 6) is 3.21. The van der Waals surface area contributed by atoms with Crippen LogP contribution in [0.4, 0.5) is 10.9 Å². The largest absolute Gasteiger partial charge is 0.496 e. The Labute approximate surface area is 186 Å². The second kappa shape index (κ2) is 8.72. The van der Waals surface area contributed by atoms with Gasteiger partial charge in [-0.3, -0.25) is 4.90 Å². The fourth-order valence-corrected chi connectivity index (χ4v) is 4.92. The number of fused-ring (bicyclic) bond motifs is 1. The van der Waals surface area contributed by atoms with Crippen molar-refractivity contribution < 1.29 is 14.2 Å². The van der Waals surface area contributed by atoms with Crippen molar-refractivity contribution in [2.45, 2.75) is 32.4 Å². The second-order valence-corrected chi connectivity index (χ2v) is 8.66. The summed E-state index contributed by atoms with van der Waals surface area (Å²) >= 11 is 1.59. The Kier molecular flexibility index (Phi) is 5.65. The summed E-state index contributed by atoms with van der Waals surface area (Å²) in [5.41, 5.74) is 3.19. The number of rotatable bonds is 6. The Hall–Kier alpha value is -2.84. The molecule has 0 bridgehead atoms. The molecule has 0 amide bonds. The minimum absolute atomic E-state index is 0.262. The molecule has 2 aliphatic heterocycles. The van der Waals surface area contributed by atoms with Crippen LogP contribution in [0.5, 0.6) is 17.2 Å². The van der Waals surface area contributed by atoms with Gasteiger partial charge in [-0.2, -0.15) is 0 Å². The number of hydrogen-bond donors (Lipinski definition) is 1. The smallest absolute Gasteiger partial charge is 0.188 e. The SMILES string of the molecule is COc1cc2c(cc1CN1CCCC1c1cccc(Nc3nc(C)cs3)n1)OCCO2. The molecular weight excluding hydrogens is 412 g/mol. The van der Waals surface area contributed by atoms with E-state index in [4.69, 9.17) is 19.2 Å². The van der Waals surface area contributed by atoms with Gasteiger partial charge in [0, 0.05) is 23.6 Å². The molecule has 1 aromatic carbocycles. The molecule has 1 N–H and O–H groups in total. The van der Waals surface area contributed by atoms with Crippen LogP contribution in [0.1, 0.15) is 35.8 Å². The third-order valence-corrected chi connectivity index (χ3v) is 6.52. The molecule has 7 nitrogen and oxygen atoms in total. The number of likely N-dealkylation sites (tertiary alicyclic amines) is 1. The Bertz CT molecular complexity index is 1070. The van der Waals surface area contributed by atoms with Crippen molar-refractivity contribution in [2.75, 3.05) is 32.2 Å². The maximum absolute atomic E-state index is 5.79. The van der Waals surface area contributed by atoms with E-state index in [0.717, 1.165) is 71.1 Å². The third-order valence-electron chi connectivity index (χ3n) is 5.65. The van der Waals surface area contributed by atoms with Gasteiger partial charge < -0.3 is 19.5 Å². The van der Waals surface area contributed by atoms with Crippen molar-refractivity contribution >= 4 is 22.3 Å². The minimum atomic E-state index is 0.262. The molecule has 1 atom stereocenters. The predicted molar refractivity (Wildman–Crippen MR) is 121 cm³/mol. The summed E-state index contributed by atoms with van der Waals surface area (Å²) in [6.07, 6.45) is 2.22. The number of anilines is 2. The zero-order valence-electron chi connectivity index (χ0n) is 17.8. The van der Waals surface area contributed by atoms with Gasteiger partial charge in [0.05, 0.1) is 24.5 Å². The zero-order chi connectivity index (χ0) is 21.2. The molecule has 0 aliphatic carbocycles. The monoisotopic (exact) mass is 438 g/mol. The number of ether oxygens (including phenoxy) is 3. The van der Waals surface area contributed by atoms with Gasteiger partial charge in [0.1, 0.15) is 24.8 Å². The van der Waals surface area contributed by atoms with Gasteiger partial charge in [-0.05, 0) is 44.5 Å². The first-order valence-electron chi connectivity index (χ1n) is 10.6. The molecular formula is C23H26N4O3S. The quantitative estimate of drug-likeness (QED) is 0.598. The Morgan fingerprint density at radius 1 is 1.19 bits per heavy atom. The summed E-state index contributed by atoms with van der Waals surface area (Å²) in [5, 5.41) is 6.23. The van der Waals surface area contributed by atoms with Gasteiger partial charge in [0.25, 0.3) is 0 Å². The van der Waals surface area contributed by atoms with Gasteiger partial charge in [0.15, 0.2) is 16.6 Å². The number of thiazole rings is 1. The normalized spacial score (nSPS) is 18.2. The number of pyridine rings is 1. The number of methoxy groups -OCH3 is 1. The van der Waals surface area contributed by atoms with E-state index in [1.165, 1.54) is 0 Å². The maximum Gasteiger partial charge on any atom is 0.188 e. The molecule has 8 heteroatoms. The van der Waals surface area contributed by atoms with Crippen molar-refractivity contribution in [3.63, 3.8) is 0 Å². The lowest BCUT2D eigenvalue weighted by atomic mass is 10.1. The number of nitrogens with zero attached hydrogens (tertiary/aromatic N) is 3. The number of aryl methyl sites for hydroxylation is 1. The van der Waals surface area contributed by atoms with E-state index >= 15 is 0 Å². The predicted octanol–water partition coefficient (Wildman–Crippen LogP) is 4.71. The molecule has 2 aliphatic rings. The van der Waals surface area contributed by atoms with Crippen molar-refractivity contribution in [1.82, 2.24) is 14.9 Å². The highest BCUT2D eigenvalue weighted by atomic mass is 32.1.